The van der Waals surface area contributed by atoms with Crippen LogP contribution in [-0.4, -0.2) is 35.9 Å². The molecule has 2 heterocycles. The standard InChI is InChI=1S/C15H19N3O/c1-16-13-9-19-8-11(13)15-17-12-4-2-3-5-14(12)18(15)10-6-7-10/h2-5,10-11,13,16H,6-9H2,1H3. The summed E-state index contributed by atoms with van der Waals surface area (Å²) in [5, 5.41) is 3.37. The van der Waals surface area contributed by atoms with E-state index in [2.05, 4.69) is 34.1 Å². The van der Waals surface area contributed by atoms with Crippen LogP contribution in [0.2, 0.25) is 0 Å². The van der Waals surface area contributed by atoms with Crippen molar-refractivity contribution < 1.29 is 4.74 Å². The van der Waals surface area contributed by atoms with Crippen LogP contribution < -0.4 is 5.32 Å². The third-order valence-corrected chi connectivity index (χ3v) is 4.32. The summed E-state index contributed by atoms with van der Waals surface area (Å²) in [5.41, 5.74) is 2.40. The minimum absolute atomic E-state index is 0.373. The molecule has 1 N–H and O–H groups in total. The molecule has 19 heavy (non-hydrogen) atoms. The maximum Gasteiger partial charge on any atom is 0.117 e. The zero-order chi connectivity index (χ0) is 12.8. The maximum absolute atomic E-state index is 5.65. The molecule has 1 saturated heterocycles. The Bertz CT molecular complexity index is 602. The van der Waals surface area contributed by atoms with Gasteiger partial charge in [-0.05, 0) is 32.0 Å². The number of hydrogen-bond acceptors (Lipinski definition) is 3. The second kappa shape index (κ2) is 4.32. The fourth-order valence-electron chi connectivity index (χ4n) is 3.13. The predicted octanol–water partition coefficient (Wildman–Crippen LogP) is 2.07. The van der Waals surface area contributed by atoms with Crippen molar-refractivity contribution in [2.45, 2.75) is 30.8 Å². The van der Waals surface area contributed by atoms with Crippen LogP contribution in [0.4, 0.5) is 0 Å². The zero-order valence-electron chi connectivity index (χ0n) is 11.2. The molecule has 1 aliphatic carbocycles. The second-order valence-corrected chi connectivity index (χ2v) is 5.60. The lowest BCUT2D eigenvalue weighted by atomic mass is 10.0. The summed E-state index contributed by atoms with van der Waals surface area (Å²) in [5.74, 6) is 1.58. The highest BCUT2D eigenvalue weighted by atomic mass is 16.5. The summed E-state index contributed by atoms with van der Waals surface area (Å²) in [6, 6.07) is 9.51. The maximum atomic E-state index is 5.65. The van der Waals surface area contributed by atoms with Gasteiger partial charge in [-0.25, -0.2) is 4.98 Å². The Kier molecular flexibility index (Phi) is 2.60. The second-order valence-electron chi connectivity index (χ2n) is 5.60. The van der Waals surface area contributed by atoms with E-state index in [4.69, 9.17) is 9.72 Å². The van der Waals surface area contributed by atoms with Crippen LogP contribution in [0.15, 0.2) is 24.3 Å². The van der Waals surface area contributed by atoms with E-state index in [1.165, 1.54) is 24.2 Å². The van der Waals surface area contributed by atoms with E-state index in [1.54, 1.807) is 0 Å². The molecule has 2 atom stereocenters. The molecule has 2 aliphatic rings. The van der Waals surface area contributed by atoms with Gasteiger partial charge in [0.1, 0.15) is 5.82 Å². The van der Waals surface area contributed by atoms with Gasteiger partial charge in [-0.1, -0.05) is 12.1 Å². The van der Waals surface area contributed by atoms with E-state index < -0.39 is 0 Å². The van der Waals surface area contributed by atoms with E-state index in [9.17, 15) is 0 Å². The normalized spacial score (nSPS) is 27.2. The van der Waals surface area contributed by atoms with Crippen molar-refractivity contribution in [3.8, 4) is 0 Å². The number of nitrogens with zero attached hydrogens (tertiary/aromatic N) is 2. The Morgan fingerprint density at radius 1 is 1.26 bits per heavy atom. The molecule has 0 amide bonds. The predicted molar refractivity (Wildman–Crippen MR) is 74.4 cm³/mol. The lowest BCUT2D eigenvalue weighted by molar-refractivity contribution is 0.187. The SMILES string of the molecule is CNC1COCC1c1nc2ccccc2n1C1CC1. The number of ether oxygens (including phenoxy) is 1. The smallest absolute Gasteiger partial charge is 0.117 e. The van der Waals surface area contributed by atoms with Crippen molar-refractivity contribution in [1.29, 1.82) is 0 Å². The molecule has 4 heteroatoms. The van der Waals surface area contributed by atoms with Crippen LogP contribution in [0, 0.1) is 0 Å². The molecule has 4 rings (SSSR count). The minimum atomic E-state index is 0.373. The van der Waals surface area contributed by atoms with Gasteiger partial charge in [0.15, 0.2) is 0 Å². The number of likely N-dealkylation sites (N-methyl/N-ethyl adjacent to an activating group) is 1. The molecule has 2 unspecified atom stereocenters. The summed E-state index contributed by atoms with van der Waals surface area (Å²) in [4.78, 5) is 4.90. The molecule has 1 aromatic heterocycles. The fraction of sp³-hybridized carbons (Fsp3) is 0.533. The van der Waals surface area contributed by atoms with Gasteiger partial charge in [-0.15, -0.1) is 0 Å². The van der Waals surface area contributed by atoms with E-state index in [1.807, 2.05) is 7.05 Å². The monoisotopic (exact) mass is 257 g/mol. The molecule has 1 aliphatic heterocycles. The molecule has 0 radical (unpaired) electrons. The van der Waals surface area contributed by atoms with Crippen LogP contribution in [-0.2, 0) is 4.74 Å². The van der Waals surface area contributed by atoms with E-state index in [0.29, 0.717) is 18.0 Å². The number of aromatic nitrogens is 2. The molecule has 4 nitrogen and oxygen atoms in total. The fourth-order valence-corrected chi connectivity index (χ4v) is 3.13. The summed E-state index contributed by atoms with van der Waals surface area (Å²) in [6.45, 7) is 1.57. The van der Waals surface area contributed by atoms with Gasteiger partial charge >= 0.3 is 0 Å². The first-order chi connectivity index (χ1) is 9.38. The van der Waals surface area contributed by atoms with Crippen molar-refractivity contribution >= 4 is 11.0 Å². The van der Waals surface area contributed by atoms with E-state index >= 15 is 0 Å². The summed E-state index contributed by atoms with van der Waals surface area (Å²) < 4.78 is 8.11. The van der Waals surface area contributed by atoms with Gasteiger partial charge in [-0.3, -0.25) is 0 Å². The van der Waals surface area contributed by atoms with Crippen LogP contribution in [0.1, 0.15) is 30.6 Å². The van der Waals surface area contributed by atoms with Crippen LogP contribution >= 0.6 is 0 Å². The summed E-state index contributed by atoms with van der Waals surface area (Å²) in [7, 11) is 2.01. The largest absolute Gasteiger partial charge is 0.379 e. The topological polar surface area (TPSA) is 39.1 Å². The molecular weight excluding hydrogens is 238 g/mol. The molecule has 2 aromatic rings. The lowest BCUT2D eigenvalue weighted by Crippen LogP contribution is -2.32. The van der Waals surface area contributed by atoms with E-state index in [-0.39, 0.29) is 0 Å². The molecule has 1 saturated carbocycles. The highest BCUT2D eigenvalue weighted by Crippen LogP contribution is 2.41. The van der Waals surface area contributed by atoms with Gasteiger partial charge in [-0.2, -0.15) is 0 Å². The molecule has 100 valence electrons. The molecular formula is C15H19N3O. The Hall–Kier alpha value is -1.39. The van der Waals surface area contributed by atoms with Crippen molar-refractivity contribution in [3.63, 3.8) is 0 Å². The number of fused-ring (bicyclic) bond motifs is 1. The Labute approximate surface area is 112 Å². The van der Waals surface area contributed by atoms with Crippen LogP contribution in [0.25, 0.3) is 11.0 Å². The number of imidazole rings is 1. The Balaban J connectivity index is 1.86. The van der Waals surface area contributed by atoms with Crippen LogP contribution in [0.5, 0.6) is 0 Å². The molecule has 2 fully saturated rings. The minimum Gasteiger partial charge on any atom is -0.379 e. The van der Waals surface area contributed by atoms with Crippen molar-refractivity contribution in [2.24, 2.45) is 0 Å². The lowest BCUT2D eigenvalue weighted by Gasteiger charge is -2.18. The first kappa shape index (κ1) is 11.4. The quantitative estimate of drug-likeness (QED) is 0.915. The first-order valence-electron chi connectivity index (χ1n) is 7.10. The van der Waals surface area contributed by atoms with Crippen molar-refractivity contribution in [1.82, 2.24) is 14.9 Å². The van der Waals surface area contributed by atoms with Crippen molar-refractivity contribution in [3.05, 3.63) is 30.1 Å². The number of nitrogens with one attached hydrogen (secondary N) is 1. The number of rotatable bonds is 3. The third-order valence-electron chi connectivity index (χ3n) is 4.32. The average Bonchev–Trinajstić information content (AvgIpc) is 3.05. The van der Waals surface area contributed by atoms with Gasteiger partial charge in [0, 0.05) is 12.1 Å². The zero-order valence-corrected chi connectivity index (χ0v) is 11.2. The van der Waals surface area contributed by atoms with Crippen LogP contribution in [0.3, 0.4) is 0 Å². The van der Waals surface area contributed by atoms with Gasteiger partial charge in [0.2, 0.25) is 0 Å². The molecule has 0 spiro atoms. The van der Waals surface area contributed by atoms with Gasteiger partial charge < -0.3 is 14.6 Å². The summed E-state index contributed by atoms with van der Waals surface area (Å²) >= 11 is 0. The summed E-state index contributed by atoms with van der Waals surface area (Å²) in [6.07, 6.45) is 2.57. The molecule has 0 bridgehead atoms. The Morgan fingerprint density at radius 3 is 2.89 bits per heavy atom. The molecule has 1 aromatic carbocycles. The van der Waals surface area contributed by atoms with Gasteiger partial charge in [0.25, 0.3) is 0 Å². The van der Waals surface area contributed by atoms with Crippen molar-refractivity contribution in [2.75, 3.05) is 20.3 Å². The highest BCUT2D eigenvalue weighted by molar-refractivity contribution is 5.76. The Morgan fingerprint density at radius 2 is 2.11 bits per heavy atom. The highest BCUT2D eigenvalue weighted by Gasteiger charge is 2.36. The number of benzene rings is 1. The first-order valence-corrected chi connectivity index (χ1v) is 7.10. The van der Waals surface area contributed by atoms with E-state index in [0.717, 1.165) is 18.7 Å². The third kappa shape index (κ3) is 1.78. The average molecular weight is 257 g/mol. The van der Waals surface area contributed by atoms with Gasteiger partial charge in [0.05, 0.1) is 30.2 Å². The number of para-hydroxylation sites is 2. The number of hydrogen-bond donors (Lipinski definition) is 1.